The first kappa shape index (κ1) is 22.5. The second kappa shape index (κ2) is 9.87. The van der Waals surface area contributed by atoms with Crippen LogP contribution in [0.5, 0.6) is 0 Å². The second-order valence-electron chi connectivity index (χ2n) is 8.03. The lowest BCUT2D eigenvalue weighted by molar-refractivity contribution is -0.132. The normalized spacial score (nSPS) is 16.5. The monoisotopic (exact) mass is 450 g/mol. The van der Waals surface area contributed by atoms with E-state index in [2.05, 4.69) is 10.3 Å². The maximum Gasteiger partial charge on any atom is 0.255 e. The van der Waals surface area contributed by atoms with Gasteiger partial charge < -0.3 is 16.0 Å². The van der Waals surface area contributed by atoms with E-state index in [4.69, 9.17) is 5.73 Å². The topological polar surface area (TPSA) is 88.3 Å². The number of pyridine rings is 1. The highest BCUT2D eigenvalue weighted by Crippen LogP contribution is 2.34. The number of benzene rings is 2. The Hall–Kier alpha value is -3.65. The predicted octanol–water partition coefficient (Wildman–Crippen LogP) is 4.37. The molecule has 0 radical (unpaired) electrons. The molecule has 1 aliphatic rings. The molecule has 6 nitrogen and oxygen atoms in total. The van der Waals surface area contributed by atoms with Crippen molar-refractivity contribution in [3.63, 3.8) is 0 Å². The standard InChI is InChI=1S/C25H24F2N4O2/c26-18-7-8-20(21(27)14-18)23-2-1-13-31(23)24(32)15-22(28)16-3-5-17(6-4-16)25(33)30-19-9-11-29-12-10-19/h3-12,14,22-23H,1-2,13,15,28H2,(H,29,30,33). The van der Waals surface area contributed by atoms with Crippen LogP contribution in [0.15, 0.2) is 67.0 Å². The number of hydrogen-bond donors (Lipinski definition) is 2. The summed E-state index contributed by atoms with van der Waals surface area (Å²) in [5.74, 6) is -1.75. The zero-order valence-corrected chi connectivity index (χ0v) is 17.9. The first-order valence-electron chi connectivity index (χ1n) is 10.7. The number of carbonyl (C=O) groups is 2. The summed E-state index contributed by atoms with van der Waals surface area (Å²) in [6, 6.07) is 12.6. The van der Waals surface area contributed by atoms with Gasteiger partial charge in [-0.15, -0.1) is 0 Å². The quantitative estimate of drug-likeness (QED) is 0.584. The van der Waals surface area contributed by atoms with Crippen LogP contribution < -0.4 is 11.1 Å². The van der Waals surface area contributed by atoms with Gasteiger partial charge in [0.15, 0.2) is 0 Å². The summed E-state index contributed by atoms with van der Waals surface area (Å²) in [4.78, 5) is 30.9. The van der Waals surface area contributed by atoms with Crippen molar-refractivity contribution in [2.45, 2.75) is 31.3 Å². The highest BCUT2D eigenvalue weighted by Gasteiger charge is 2.32. The maximum atomic E-state index is 14.3. The van der Waals surface area contributed by atoms with E-state index in [0.29, 0.717) is 35.3 Å². The van der Waals surface area contributed by atoms with Crippen molar-refractivity contribution in [3.05, 3.63) is 95.3 Å². The zero-order valence-electron chi connectivity index (χ0n) is 17.9. The molecule has 3 N–H and O–H groups in total. The van der Waals surface area contributed by atoms with Crippen molar-refractivity contribution < 1.29 is 18.4 Å². The third kappa shape index (κ3) is 5.23. The van der Waals surface area contributed by atoms with Crippen molar-refractivity contribution in [2.75, 3.05) is 11.9 Å². The van der Waals surface area contributed by atoms with Gasteiger partial charge in [0.05, 0.1) is 6.04 Å². The number of rotatable bonds is 6. The second-order valence-corrected chi connectivity index (χ2v) is 8.03. The first-order valence-corrected chi connectivity index (χ1v) is 10.7. The lowest BCUT2D eigenvalue weighted by atomic mass is 10.0. The van der Waals surface area contributed by atoms with Crippen molar-refractivity contribution >= 4 is 17.5 Å². The molecule has 2 atom stereocenters. The summed E-state index contributed by atoms with van der Waals surface area (Å²) in [7, 11) is 0. The van der Waals surface area contributed by atoms with E-state index >= 15 is 0 Å². The van der Waals surface area contributed by atoms with Crippen LogP contribution in [-0.4, -0.2) is 28.2 Å². The minimum Gasteiger partial charge on any atom is -0.335 e. The van der Waals surface area contributed by atoms with Gasteiger partial charge in [-0.3, -0.25) is 14.6 Å². The number of hydrogen-bond acceptors (Lipinski definition) is 4. The van der Waals surface area contributed by atoms with E-state index in [-0.39, 0.29) is 18.2 Å². The Morgan fingerprint density at radius 2 is 1.82 bits per heavy atom. The number of nitrogens with zero attached hydrogens (tertiary/aromatic N) is 2. The van der Waals surface area contributed by atoms with Gasteiger partial charge in [0.1, 0.15) is 11.6 Å². The Morgan fingerprint density at radius 3 is 2.52 bits per heavy atom. The predicted molar refractivity (Wildman–Crippen MR) is 120 cm³/mol. The lowest BCUT2D eigenvalue weighted by Crippen LogP contribution is -2.33. The van der Waals surface area contributed by atoms with Crippen LogP contribution in [0.4, 0.5) is 14.5 Å². The van der Waals surface area contributed by atoms with Crippen molar-refractivity contribution in [1.82, 2.24) is 9.88 Å². The summed E-state index contributed by atoms with van der Waals surface area (Å²) in [6.07, 6.45) is 4.57. The Bertz CT molecular complexity index is 1140. The molecule has 2 amide bonds. The summed E-state index contributed by atoms with van der Waals surface area (Å²) in [5.41, 5.74) is 8.40. The molecular weight excluding hydrogens is 426 g/mol. The molecule has 0 aliphatic carbocycles. The van der Waals surface area contributed by atoms with Crippen LogP contribution >= 0.6 is 0 Å². The molecule has 1 aromatic heterocycles. The van der Waals surface area contributed by atoms with Crippen LogP contribution in [0.25, 0.3) is 0 Å². The van der Waals surface area contributed by atoms with Crippen molar-refractivity contribution in [3.8, 4) is 0 Å². The van der Waals surface area contributed by atoms with Crippen LogP contribution in [0.1, 0.15) is 52.8 Å². The molecule has 0 bridgehead atoms. The van der Waals surface area contributed by atoms with Gasteiger partial charge >= 0.3 is 0 Å². The summed E-state index contributed by atoms with van der Waals surface area (Å²) in [5, 5.41) is 2.78. The number of likely N-dealkylation sites (tertiary alicyclic amines) is 1. The van der Waals surface area contributed by atoms with Crippen LogP contribution in [0, 0.1) is 11.6 Å². The van der Waals surface area contributed by atoms with E-state index in [1.54, 1.807) is 53.7 Å². The Kier molecular flexibility index (Phi) is 6.74. The fourth-order valence-corrected chi connectivity index (χ4v) is 4.10. The van der Waals surface area contributed by atoms with Gasteiger partial charge in [-0.25, -0.2) is 8.78 Å². The van der Waals surface area contributed by atoms with Gasteiger partial charge in [0, 0.05) is 54.3 Å². The molecule has 8 heteroatoms. The molecule has 33 heavy (non-hydrogen) atoms. The Balaban J connectivity index is 1.39. The largest absolute Gasteiger partial charge is 0.335 e. The number of nitrogens with two attached hydrogens (primary N) is 1. The molecular formula is C25H24F2N4O2. The van der Waals surface area contributed by atoms with E-state index < -0.39 is 23.7 Å². The van der Waals surface area contributed by atoms with Crippen LogP contribution in [0.3, 0.4) is 0 Å². The molecule has 0 spiro atoms. The fourth-order valence-electron chi connectivity index (χ4n) is 4.10. The molecule has 0 saturated carbocycles. The summed E-state index contributed by atoms with van der Waals surface area (Å²) in [6.45, 7) is 0.501. The van der Waals surface area contributed by atoms with Gasteiger partial charge in [-0.1, -0.05) is 18.2 Å². The third-order valence-corrected chi connectivity index (χ3v) is 5.83. The Labute approximate surface area is 190 Å². The van der Waals surface area contributed by atoms with E-state index in [0.717, 1.165) is 12.5 Å². The number of halogens is 2. The number of nitrogens with one attached hydrogen (secondary N) is 1. The zero-order chi connectivity index (χ0) is 23.4. The van der Waals surface area contributed by atoms with E-state index in [1.807, 2.05) is 0 Å². The summed E-state index contributed by atoms with van der Waals surface area (Å²) >= 11 is 0. The number of aromatic nitrogens is 1. The summed E-state index contributed by atoms with van der Waals surface area (Å²) < 4.78 is 27.5. The molecule has 170 valence electrons. The highest BCUT2D eigenvalue weighted by atomic mass is 19.1. The van der Waals surface area contributed by atoms with Crippen molar-refractivity contribution in [1.29, 1.82) is 0 Å². The Morgan fingerprint density at radius 1 is 1.09 bits per heavy atom. The third-order valence-electron chi connectivity index (χ3n) is 5.83. The SMILES string of the molecule is NC(CC(=O)N1CCCC1c1ccc(F)cc1F)c1ccc(C(=O)Nc2ccncc2)cc1. The smallest absolute Gasteiger partial charge is 0.255 e. The van der Waals surface area contributed by atoms with Gasteiger partial charge in [-0.05, 0) is 48.7 Å². The molecule has 1 fully saturated rings. The maximum absolute atomic E-state index is 14.3. The first-order chi connectivity index (χ1) is 15.9. The van der Waals surface area contributed by atoms with E-state index in [9.17, 15) is 18.4 Å². The number of amides is 2. The average Bonchev–Trinajstić information content (AvgIpc) is 3.29. The molecule has 4 rings (SSSR count). The van der Waals surface area contributed by atoms with Gasteiger partial charge in [0.2, 0.25) is 5.91 Å². The lowest BCUT2D eigenvalue weighted by Gasteiger charge is -2.27. The minimum atomic E-state index is -0.648. The fraction of sp³-hybridized carbons (Fsp3) is 0.240. The van der Waals surface area contributed by atoms with Crippen LogP contribution in [-0.2, 0) is 4.79 Å². The molecule has 3 aromatic rings. The van der Waals surface area contributed by atoms with Crippen molar-refractivity contribution in [2.24, 2.45) is 5.73 Å². The molecule has 2 heterocycles. The number of anilines is 1. The molecule has 2 unspecified atom stereocenters. The minimum absolute atomic E-state index is 0.0435. The molecule has 2 aromatic carbocycles. The van der Waals surface area contributed by atoms with Crippen LogP contribution in [0.2, 0.25) is 0 Å². The number of carbonyl (C=O) groups excluding carboxylic acids is 2. The average molecular weight is 450 g/mol. The van der Waals surface area contributed by atoms with Gasteiger partial charge in [-0.2, -0.15) is 0 Å². The van der Waals surface area contributed by atoms with Gasteiger partial charge in [0.25, 0.3) is 5.91 Å². The molecule has 1 saturated heterocycles. The van der Waals surface area contributed by atoms with E-state index in [1.165, 1.54) is 12.1 Å². The highest BCUT2D eigenvalue weighted by molar-refractivity contribution is 6.04. The molecule has 1 aliphatic heterocycles.